The summed E-state index contributed by atoms with van der Waals surface area (Å²) in [7, 11) is 0. The SMILES string of the molecule is O=C(c1ccc(-c2ccccc2)cc1)N1CCN(C[C@H]2CCCO2)CC1. The summed E-state index contributed by atoms with van der Waals surface area (Å²) in [5.74, 6) is 0.140. The summed E-state index contributed by atoms with van der Waals surface area (Å²) in [4.78, 5) is 17.2. The van der Waals surface area contributed by atoms with Gasteiger partial charge < -0.3 is 9.64 Å². The molecule has 136 valence electrons. The molecule has 0 aromatic heterocycles. The minimum atomic E-state index is 0.140. The number of hydrogen-bond acceptors (Lipinski definition) is 3. The van der Waals surface area contributed by atoms with Crippen molar-refractivity contribution in [3.63, 3.8) is 0 Å². The lowest BCUT2D eigenvalue weighted by molar-refractivity contribution is 0.0433. The van der Waals surface area contributed by atoms with E-state index in [1.807, 2.05) is 47.4 Å². The molecule has 2 fully saturated rings. The quantitative estimate of drug-likeness (QED) is 0.848. The van der Waals surface area contributed by atoms with E-state index in [1.165, 1.54) is 18.4 Å². The first-order valence-corrected chi connectivity index (χ1v) is 9.58. The number of benzene rings is 2. The van der Waals surface area contributed by atoms with Crippen LogP contribution in [-0.4, -0.2) is 61.1 Å². The molecule has 0 radical (unpaired) electrons. The molecule has 0 spiro atoms. The van der Waals surface area contributed by atoms with Gasteiger partial charge in [-0.25, -0.2) is 0 Å². The van der Waals surface area contributed by atoms with Crippen LogP contribution in [0.4, 0.5) is 0 Å². The van der Waals surface area contributed by atoms with Crippen LogP contribution in [0.2, 0.25) is 0 Å². The first-order valence-electron chi connectivity index (χ1n) is 9.58. The van der Waals surface area contributed by atoms with Gasteiger partial charge in [-0.3, -0.25) is 9.69 Å². The molecule has 2 aromatic rings. The molecule has 2 aliphatic rings. The molecule has 1 amide bonds. The maximum absolute atomic E-state index is 12.8. The van der Waals surface area contributed by atoms with Crippen molar-refractivity contribution in [1.29, 1.82) is 0 Å². The van der Waals surface area contributed by atoms with Gasteiger partial charge in [0.1, 0.15) is 0 Å². The van der Waals surface area contributed by atoms with Crippen molar-refractivity contribution in [3.8, 4) is 11.1 Å². The molecule has 26 heavy (non-hydrogen) atoms. The van der Waals surface area contributed by atoms with E-state index in [-0.39, 0.29) is 5.91 Å². The van der Waals surface area contributed by atoms with Crippen molar-refractivity contribution >= 4 is 5.91 Å². The summed E-state index contributed by atoms with van der Waals surface area (Å²) in [6, 6.07) is 18.2. The molecular formula is C22H26N2O2. The Kier molecular flexibility index (Phi) is 5.32. The third-order valence-corrected chi connectivity index (χ3v) is 5.38. The zero-order chi connectivity index (χ0) is 17.8. The molecule has 2 aliphatic heterocycles. The molecule has 2 heterocycles. The Morgan fingerprint density at radius 2 is 1.62 bits per heavy atom. The molecule has 0 saturated carbocycles. The standard InChI is InChI=1S/C22H26N2O2/c25-22(20-10-8-19(9-11-20)18-5-2-1-3-6-18)24-14-12-23(13-15-24)17-21-7-4-16-26-21/h1-3,5-6,8-11,21H,4,7,12-17H2/t21-/m1/s1. The lowest BCUT2D eigenvalue weighted by atomic mass is 10.0. The van der Waals surface area contributed by atoms with Crippen molar-refractivity contribution in [3.05, 3.63) is 60.2 Å². The lowest BCUT2D eigenvalue weighted by Crippen LogP contribution is -2.50. The van der Waals surface area contributed by atoms with Crippen LogP contribution < -0.4 is 0 Å². The molecule has 0 N–H and O–H groups in total. The van der Waals surface area contributed by atoms with Crippen molar-refractivity contribution < 1.29 is 9.53 Å². The zero-order valence-corrected chi connectivity index (χ0v) is 15.1. The van der Waals surface area contributed by atoms with Crippen LogP contribution in [0.25, 0.3) is 11.1 Å². The second-order valence-corrected chi connectivity index (χ2v) is 7.17. The highest BCUT2D eigenvalue weighted by Crippen LogP contribution is 2.20. The molecule has 2 saturated heterocycles. The topological polar surface area (TPSA) is 32.8 Å². The zero-order valence-electron chi connectivity index (χ0n) is 15.1. The largest absolute Gasteiger partial charge is 0.377 e. The summed E-state index contributed by atoms with van der Waals surface area (Å²) >= 11 is 0. The van der Waals surface area contributed by atoms with E-state index < -0.39 is 0 Å². The van der Waals surface area contributed by atoms with E-state index in [2.05, 4.69) is 17.0 Å². The van der Waals surface area contributed by atoms with Gasteiger partial charge in [0.05, 0.1) is 6.10 Å². The predicted molar refractivity (Wildman–Crippen MR) is 103 cm³/mol. The number of piperazine rings is 1. The summed E-state index contributed by atoms with van der Waals surface area (Å²) < 4.78 is 5.72. The van der Waals surface area contributed by atoms with E-state index in [4.69, 9.17) is 4.74 Å². The van der Waals surface area contributed by atoms with Crippen LogP contribution in [0.15, 0.2) is 54.6 Å². The van der Waals surface area contributed by atoms with Crippen molar-refractivity contribution in [1.82, 2.24) is 9.80 Å². The van der Waals surface area contributed by atoms with Gasteiger partial charge in [0, 0.05) is 44.9 Å². The molecule has 1 atom stereocenters. The van der Waals surface area contributed by atoms with Gasteiger partial charge in [0.15, 0.2) is 0 Å². The maximum Gasteiger partial charge on any atom is 0.253 e. The average molecular weight is 350 g/mol. The average Bonchev–Trinajstić information content (AvgIpc) is 3.22. The highest BCUT2D eigenvalue weighted by Gasteiger charge is 2.25. The van der Waals surface area contributed by atoms with Crippen LogP contribution in [0.3, 0.4) is 0 Å². The van der Waals surface area contributed by atoms with E-state index in [1.54, 1.807) is 0 Å². The number of hydrogen-bond donors (Lipinski definition) is 0. The fourth-order valence-corrected chi connectivity index (χ4v) is 3.83. The Bertz CT molecular complexity index is 716. The minimum Gasteiger partial charge on any atom is -0.377 e. The Hall–Kier alpha value is -2.17. The molecule has 0 bridgehead atoms. The molecule has 2 aromatic carbocycles. The smallest absolute Gasteiger partial charge is 0.253 e. The van der Waals surface area contributed by atoms with Gasteiger partial charge >= 0.3 is 0 Å². The third kappa shape index (κ3) is 3.97. The Labute approximate surface area is 155 Å². The molecular weight excluding hydrogens is 324 g/mol. The molecule has 0 aliphatic carbocycles. The fraction of sp³-hybridized carbons (Fsp3) is 0.409. The first kappa shape index (κ1) is 17.3. The number of amides is 1. The van der Waals surface area contributed by atoms with Crippen LogP contribution in [-0.2, 0) is 4.74 Å². The summed E-state index contributed by atoms with van der Waals surface area (Å²) in [6.07, 6.45) is 2.75. The van der Waals surface area contributed by atoms with Gasteiger partial charge in [-0.05, 0) is 36.1 Å². The second-order valence-electron chi connectivity index (χ2n) is 7.17. The number of carbonyl (C=O) groups is 1. The molecule has 0 unspecified atom stereocenters. The Morgan fingerprint density at radius 3 is 2.27 bits per heavy atom. The number of ether oxygens (including phenoxy) is 1. The predicted octanol–water partition coefficient (Wildman–Crippen LogP) is 3.29. The van der Waals surface area contributed by atoms with Crippen LogP contribution >= 0.6 is 0 Å². The van der Waals surface area contributed by atoms with Crippen LogP contribution in [0, 0.1) is 0 Å². The van der Waals surface area contributed by atoms with Gasteiger partial charge in [-0.15, -0.1) is 0 Å². The van der Waals surface area contributed by atoms with Gasteiger partial charge in [0.2, 0.25) is 0 Å². The maximum atomic E-state index is 12.8. The van der Waals surface area contributed by atoms with Crippen LogP contribution in [0.1, 0.15) is 23.2 Å². The monoisotopic (exact) mass is 350 g/mol. The van der Waals surface area contributed by atoms with Crippen LogP contribution in [0.5, 0.6) is 0 Å². The van der Waals surface area contributed by atoms with Gasteiger partial charge in [-0.2, -0.15) is 0 Å². The Balaban J connectivity index is 1.33. The van der Waals surface area contributed by atoms with Crippen molar-refractivity contribution in [2.45, 2.75) is 18.9 Å². The highest BCUT2D eigenvalue weighted by molar-refractivity contribution is 5.94. The summed E-state index contributed by atoms with van der Waals surface area (Å²) in [5.41, 5.74) is 3.09. The van der Waals surface area contributed by atoms with Gasteiger partial charge in [-0.1, -0.05) is 42.5 Å². The van der Waals surface area contributed by atoms with E-state index >= 15 is 0 Å². The fourth-order valence-electron chi connectivity index (χ4n) is 3.83. The Morgan fingerprint density at radius 1 is 0.923 bits per heavy atom. The summed E-state index contributed by atoms with van der Waals surface area (Å²) in [6.45, 7) is 5.38. The number of rotatable bonds is 4. The highest BCUT2D eigenvalue weighted by atomic mass is 16.5. The van der Waals surface area contributed by atoms with Gasteiger partial charge in [0.25, 0.3) is 5.91 Å². The van der Waals surface area contributed by atoms with E-state index in [9.17, 15) is 4.79 Å². The lowest BCUT2D eigenvalue weighted by Gasteiger charge is -2.35. The molecule has 4 rings (SSSR count). The number of carbonyl (C=O) groups excluding carboxylic acids is 1. The minimum absolute atomic E-state index is 0.140. The second kappa shape index (κ2) is 8.02. The third-order valence-electron chi connectivity index (χ3n) is 5.38. The normalized spacial score (nSPS) is 21.1. The first-order chi connectivity index (χ1) is 12.8. The number of nitrogens with zero attached hydrogens (tertiary/aromatic N) is 2. The summed E-state index contributed by atoms with van der Waals surface area (Å²) in [5, 5.41) is 0. The molecule has 4 heteroatoms. The van der Waals surface area contributed by atoms with E-state index in [0.717, 1.165) is 50.5 Å². The molecule has 4 nitrogen and oxygen atoms in total. The van der Waals surface area contributed by atoms with E-state index in [0.29, 0.717) is 6.10 Å². The van der Waals surface area contributed by atoms with Crippen molar-refractivity contribution in [2.24, 2.45) is 0 Å². The van der Waals surface area contributed by atoms with Crippen molar-refractivity contribution in [2.75, 3.05) is 39.3 Å².